The molecule has 0 atom stereocenters. The number of hydrogen-bond donors (Lipinski definition) is 2. The van der Waals surface area contributed by atoms with Crippen LogP contribution in [0.5, 0.6) is 0 Å². The molecule has 1 amide bonds. The van der Waals surface area contributed by atoms with Crippen molar-refractivity contribution < 1.29 is 9.72 Å². The van der Waals surface area contributed by atoms with Gasteiger partial charge in [0.2, 0.25) is 0 Å². The van der Waals surface area contributed by atoms with Gasteiger partial charge in [-0.1, -0.05) is 25.0 Å². The Hall–Kier alpha value is -2.88. The minimum absolute atomic E-state index is 0.106. The van der Waals surface area contributed by atoms with Gasteiger partial charge in [-0.3, -0.25) is 14.9 Å². The minimum atomic E-state index is -0.527. The van der Waals surface area contributed by atoms with Crippen molar-refractivity contribution in [2.75, 3.05) is 5.32 Å². The highest BCUT2D eigenvalue weighted by Gasteiger charge is 2.19. The molecule has 2 N–H and O–H groups in total. The average molecular weight is 300 g/mol. The molecule has 1 aromatic rings. The minimum Gasteiger partial charge on any atom is -0.355 e. The highest BCUT2D eigenvalue weighted by molar-refractivity contribution is 5.97. The van der Waals surface area contributed by atoms with Crippen molar-refractivity contribution in [2.45, 2.75) is 31.7 Å². The van der Waals surface area contributed by atoms with Gasteiger partial charge in [0.1, 0.15) is 17.3 Å². The molecule has 1 aliphatic rings. The van der Waals surface area contributed by atoms with Crippen LogP contribution in [0.25, 0.3) is 0 Å². The predicted molar refractivity (Wildman–Crippen MR) is 80.8 cm³/mol. The molecule has 0 unspecified atom stereocenters. The molecule has 22 heavy (non-hydrogen) atoms. The van der Waals surface area contributed by atoms with Gasteiger partial charge in [0, 0.05) is 18.3 Å². The first-order valence-electron chi connectivity index (χ1n) is 7.03. The normalized spacial score (nSPS) is 15.1. The molecule has 0 aliphatic heterocycles. The number of amides is 1. The number of anilines is 1. The SMILES string of the molecule is N#C/C(=C/Nc1ccccc1[N+](=O)[O-])C(=O)NC1CCCC1. The van der Waals surface area contributed by atoms with Crippen LogP contribution in [0.2, 0.25) is 0 Å². The molecule has 1 fully saturated rings. The quantitative estimate of drug-likeness (QED) is 0.376. The Labute approximate surface area is 127 Å². The van der Waals surface area contributed by atoms with E-state index in [1.165, 1.54) is 18.3 Å². The van der Waals surface area contributed by atoms with Crippen LogP contribution < -0.4 is 10.6 Å². The smallest absolute Gasteiger partial charge is 0.292 e. The lowest BCUT2D eigenvalue weighted by molar-refractivity contribution is -0.383. The summed E-state index contributed by atoms with van der Waals surface area (Å²) in [7, 11) is 0. The van der Waals surface area contributed by atoms with Gasteiger partial charge in [-0.25, -0.2) is 0 Å². The van der Waals surface area contributed by atoms with Gasteiger partial charge in [0.25, 0.3) is 11.6 Å². The topological polar surface area (TPSA) is 108 Å². The van der Waals surface area contributed by atoms with Gasteiger partial charge in [-0.2, -0.15) is 5.26 Å². The number of nitro benzene ring substituents is 1. The van der Waals surface area contributed by atoms with Gasteiger partial charge < -0.3 is 10.6 Å². The van der Waals surface area contributed by atoms with Crippen LogP contribution in [-0.4, -0.2) is 16.9 Å². The monoisotopic (exact) mass is 300 g/mol. The molecular formula is C15H16N4O3. The molecular weight excluding hydrogens is 284 g/mol. The van der Waals surface area contributed by atoms with Crippen LogP contribution in [0.3, 0.4) is 0 Å². The van der Waals surface area contributed by atoms with E-state index < -0.39 is 10.8 Å². The number of nitriles is 1. The summed E-state index contributed by atoms with van der Waals surface area (Å²) in [5.41, 5.74) is 0.00575. The van der Waals surface area contributed by atoms with Gasteiger partial charge in [0.15, 0.2) is 0 Å². The summed E-state index contributed by atoms with van der Waals surface area (Å²) in [6, 6.07) is 7.96. The van der Waals surface area contributed by atoms with Crippen LogP contribution in [0, 0.1) is 21.4 Å². The molecule has 1 aliphatic carbocycles. The van der Waals surface area contributed by atoms with E-state index in [0.717, 1.165) is 25.7 Å². The second-order valence-corrected chi connectivity index (χ2v) is 5.04. The maximum absolute atomic E-state index is 12.0. The van der Waals surface area contributed by atoms with Crippen LogP contribution in [0.15, 0.2) is 36.0 Å². The molecule has 1 saturated carbocycles. The maximum Gasteiger partial charge on any atom is 0.292 e. The van der Waals surface area contributed by atoms with Gasteiger partial charge in [-0.05, 0) is 18.9 Å². The number of rotatable bonds is 5. The van der Waals surface area contributed by atoms with Crippen molar-refractivity contribution in [1.29, 1.82) is 5.26 Å². The van der Waals surface area contributed by atoms with E-state index in [-0.39, 0.29) is 23.0 Å². The Morgan fingerprint density at radius 1 is 1.36 bits per heavy atom. The summed E-state index contributed by atoms with van der Waals surface area (Å²) in [4.78, 5) is 22.4. The van der Waals surface area contributed by atoms with Crippen LogP contribution in [0.1, 0.15) is 25.7 Å². The Balaban J connectivity index is 2.08. The first kappa shape index (κ1) is 15.5. The van der Waals surface area contributed by atoms with Crippen molar-refractivity contribution in [2.24, 2.45) is 0 Å². The van der Waals surface area contributed by atoms with Crippen molar-refractivity contribution in [1.82, 2.24) is 5.32 Å². The second kappa shape index (κ2) is 7.22. The summed E-state index contributed by atoms with van der Waals surface area (Å²) in [5, 5.41) is 25.4. The van der Waals surface area contributed by atoms with E-state index in [1.54, 1.807) is 12.1 Å². The third-order valence-corrected chi connectivity index (χ3v) is 3.53. The molecule has 2 rings (SSSR count). The fraction of sp³-hybridized carbons (Fsp3) is 0.333. The number of nitrogens with one attached hydrogen (secondary N) is 2. The van der Waals surface area contributed by atoms with E-state index in [0.29, 0.717) is 0 Å². The van der Waals surface area contributed by atoms with E-state index >= 15 is 0 Å². The maximum atomic E-state index is 12.0. The Morgan fingerprint density at radius 2 is 2.05 bits per heavy atom. The molecule has 0 heterocycles. The largest absolute Gasteiger partial charge is 0.355 e. The molecule has 0 aromatic heterocycles. The Kier molecular flexibility index (Phi) is 5.09. The third kappa shape index (κ3) is 3.82. The lowest BCUT2D eigenvalue weighted by Crippen LogP contribution is -2.33. The lowest BCUT2D eigenvalue weighted by atomic mass is 10.2. The molecule has 0 saturated heterocycles. The summed E-state index contributed by atoms with van der Waals surface area (Å²) in [6.45, 7) is 0. The van der Waals surface area contributed by atoms with E-state index in [4.69, 9.17) is 5.26 Å². The lowest BCUT2D eigenvalue weighted by Gasteiger charge is -2.11. The number of para-hydroxylation sites is 2. The standard InChI is InChI=1S/C15H16N4O3/c16-9-11(15(20)18-12-5-1-2-6-12)10-17-13-7-3-4-8-14(13)19(21)22/h3-4,7-8,10,12,17H,1-2,5-6H2,(H,18,20)/b11-10-. The van der Waals surface area contributed by atoms with Gasteiger partial charge in [0.05, 0.1) is 4.92 Å². The summed E-state index contributed by atoms with van der Waals surface area (Å²) >= 11 is 0. The van der Waals surface area contributed by atoms with Gasteiger partial charge in [-0.15, -0.1) is 0 Å². The predicted octanol–water partition coefficient (Wildman–Crippen LogP) is 2.47. The Bertz CT molecular complexity index is 642. The molecule has 114 valence electrons. The van der Waals surface area contributed by atoms with Crippen LogP contribution >= 0.6 is 0 Å². The first-order chi connectivity index (χ1) is 10.6. The summed E-state index contributed by atoms with van der Waals surface area (Å²) < 4.78 is 0. The summed E-state index contributed by atoms with van der Waals surface area (Å²) in [5.74, 6) is -0.458. The number of nitrogens with zero attached hydrogens (tertiary/aromatic N) is 2. The zero-order valence-corrected chi connectivity index (χ0v) is 11.9. The van der Waals surface area contributed by atoms with Crippen LogP contribution in [0.4, 0.5) is 11.4 Å². The van der Waals surface area contributed by atoms with Gasteiger partial charge >= 0.3 is 0 Å². The molecule has 0 spiro atoms. The molecule has 7 nitrogen and oxygen atoms in total. The highest BCUT2D eigenvalue weighted by Crippen LogP contribution is 2.23. The zero-order chi connectivity index (χ0) is 15.9. The third-order valence-electron chi connectivity index (χ3n) is 3.53. The second-order valence-electron chi connectivity index (χ2n) is 5.04. The molecule has 7 heteroatoms. The van der Waals surface area contributed by atoms with Crippen molar-refractivity contribution in [3.05, 3.63) is 46.2 Å². The number of benzene rings is 1. The molecule has 0 radical (unpaired) electrons. The number of carbonyl (C=O) groups is 1. The van der Waals surface area contributed by atoms with Crippen molar-refractivity contribution >= 4 is 17.3 Å². The van der Waals surface area contributed by atoms with E-state index in [9.17, 15) is 14.9 Å². The van der Waals surface area contributed by atoms with E-state index in [1.807, 2.05) is 6.07 Å². The fourth-order valence-corrected chi connectivity index (χ4v) is 2.39. The number of hydrogen-bond acceptors (Lipinski definition) is 5. The van der Waals surface area contributed by atoms with Crippen molar-refractivity contribution in [3.8, 4) is 6.07 Å². The molecule has 0 bridgehead atoms. The summed E-state index contributed by atoms with van der Waals surface area (Å²) in [6.07, 6.45) is 5.19. The fourth-order valence-electron chi connectivity index (χ4n) is 2.39. The molecule has 1 aromatic carbocycles. The number of nitro groups is 1. The zero-order valence-electron chi connectivity index (χ0n) is 11.9. The average Bonchev–Trinajstić information content (AvgIpc) is 3.01. The van der Waals surface area contributed by atoms with Crippen LogP contribution in [-0.2, 0) is 4.79 Å². The first-order valence-corrected chi connectivity index (χ1v) is 7.03. The van der Waals surface area contributed by atoms with Crippen molar-refractivity contribution in [3.63, 3.8) is 0 Å². The van der Waals surface area contributed by atoms with E-state index in [2.05, 4.69) is 10.6 Å². The Morgan fingerprint density at radius 3 is 2.68 bits per heavy atom. The number of carbonyl (C=O) groups excluding carboxylic acids is 1. The highest BCUT2D eigenvalue weighted by atomic mass is 16.6.